The van der Waals surface area contributed by atoms with E-state index in [0.717, 1.165) is 0 Å². The van der Waals surface area contributed by atoms with Crippen molar-refractivity contribution < 1.29 is 19.4 Å². The van der Waals surface area contributed by atoms with E-state index in [2.05, 4.69) is 0 Å². The van der Waals surface area contributed by atoms with Crippen LogP contribution in [0.1, 0.15) is 19.3 Å². The van der Waals surface area contributed by atoms with Gasteiger partial charge >= 0.3 is 5.97 Å². The second-order valence-corrected chi connectivity index (χ2v) is 3.33. The van der Waals surface area contributed by atoms with Crippen molar-refractivity contribution in [2.45, 2.75) is 31.5 Å². The average Bonchev–Trinajstić information content (AvgIpc) is 2.18. The summed E-state index contributed by atoms with van der Waals surface area (Å²) in [6.07, 6.45) is 7.59. The molecule has 4 nitrogen and oxygen atoms in total. The zero-order valence-corrected chi connectivity index (χ0v) is 8.33. The first-order valence-electron chi connectivity index (χ1n) is 4.88. The van der Waals surface area contributed by atoms with Gasteiger partial charge in [-0.2, -0.15) is 0 Å². The molecule has 0 aliphatic carbocycles. The fraction of sp³-hybridized carbons (Fsp3) is 0.455. The average molecular weight is 210 g/mol. The SMILES string of the molecule is O=CC[C@@H](O)C/C=C/[C@H]1CC=CC(=O)O1. The maximum absolute atomic E-state index is 10.8. The zero-order valence-electron chi connectivity index (χ0n) is 8.33. The summed E-state index contributed by atoms with van der Waals surface area (Å²) >= 11 is 0. The lowest BCUT2D eigenvalue weighted by Gasteiger charge is -2.14. The van der Waals surface area contributed by atoms with Gasteiger partial charge in [-0.15, -0.1) is 0 Å². The molecule has 0 fully saturated rings. The molecule has 1 heterocycles. The molecule has 1 aliphatic rings. The van der Waals surface area contributed by atoms with Gasteiger partial charge < -0.3 is 14.6 Å². The Kier molecular flexibility index (Phi) is 4.77. The maximum Gasteiger partial charge on any atom is 0.331 e. The van der Waals surface area contributed by atoms with Crippen molar-refractivity contribution in [3.63, 3.8) is 0 Å². The van der Waals surface area contributed by atoms with E-state index in [4.69, 9.17) is 4.74 Å². The molecule has 82 valence electrons. The molecular formula is C11H14O4. The van der Waals surface area contributed by atoms with Crippen LogP contribution in [-0.4, -0.2) is 29.6 Å². The summed E-state index contributed by atoms with van der Waals surface area (Å²) in [4.78, 5) is 20.9. The molecule has 1 aliphatic heterocycles. The van der Waals surface area contributed by atoms with Crippen LogP contribution in [0.3, 0.4) is 0 Å². The molecule has 1 rings (SSSR count). The van der Waals surface area contributed by atoms with Crippen molar-refractivity contribution in [2.24, 2.45) is 0 Å². The van der Waals surface area contributed by atoms with E-state index in [-0.39, 0.29) is 18.5 Å². The summed E-state index contributed by atoms with van der Waals surface area (Å²) < 4.78 is 4.96. The molecular weight excluding hydrogens is 196 g/mol. The molecule has 0 saturated carbocycles. The van der Waals surface area contributed by atoms with Crippen molar-refractivity contribution in [3.8, 4) is 0 Å². The van der Waals surface area contributed by atoms with Gasteiger partial charge in [0, 0.05) is 18.9 Å². The minimum Gasteiger partial charge on any atom is -0.455 e. The van der Waals surface area contributed by atoms with Crippen LogP contribution in [0.15, 0.2) is 24.3 Å². The molecule has 0 amide bonds. The number of hydrogen-bond donors (Lipinski definition) is 1. The molecule has 2 atom stereocenters. The van der Waals surface area contributed by atoms with Crippen LogP contribution in [0.4, 0.5) is 0 Å². The van der Waals surface area contributed by atoms with Crippen LogP contribution in [0, 0.1) is 0 Å². The molecule has 0 aromatic rings. The minimum absolute atomic E-state index is 0.134. The van der Waals surface area contributed by atoms with Crippen LogP contribution in [-0.2, 0) is 14.3 Å². The molecule has 0 spiro atoms. The number of ether oxygens (including phenoxy) is 1. The lowest BCUT2D eigenvalue weighted by molar-refractivity contribution is -0.141. The van der Waals surface area contributed by atoms with Gasteiger partial charge in [-0.1, -0.05) is 12.2 Å². The van der Waals surface area contributed by atoms with Gasteiger partial charge in [0.15, 0.2) is 0 Å². The maximum atomic E-state index is 10.8. The van der Waals surface area contributed by atoms with Gasteiger partial charge in [-0.05, 0) is 12.5 Å². The van der Waals surface area contributed by atoms with Gasteiger partial charge in [0.2, 0.25) is 0 Å². The number of aldehydes is 1. The number of hydrogen-bond acceptors (Lipinski definition) is 4. The Balaban J connectivity index is 2.28. The summed E-state index contributed by atoms with van der Waals surface area (Å²) in [6.45, 7) is 0. The second kappa shape index (κ2) is 6.14. The third-order valence-corrected chi connectivity index (χ3v) is 2.02. The Morgan fingerprint density at radius 1 is 1.60 bits per heavy atom. The number of aliphatic hydroxyl groups excluding tert-OH is 1. The van der Waals surface area contributed by atoms with Crippen molar-refractivity contribution in [1.29, 1.82) is 0 Å². The van der Waals surface area contributed by atoms with Gasteiger partial charge in [0.1, 0.15) is 12.4 Å². The van der Waals surface area contributed by atoms with E-state index in [0.29, 0.717) is 19.1 Å². The van der Waals surface area contributed by atoms with E-state index in [1.54, 1.807) is 18.2 Å². The fourth-order valence-electron chi connectivity index (χ4n) is 1.25. The number of carbonyl (C=O) groups is 2. The van der Waals surface area contributed by atoms with Crippen molar-refractivity contribution >= 4 is 12.3 Å². The predicted octanol–water partition coefficient (Wildman–Crippen LogP) is 0.754. The highest BCUT2D eigenvalue weighted by Gasteiger charge is 2.12. The highest BCUT2D eigenvalue weighted by molar-refractivity contribution is 5.82. The van der Waals surface area contributed by atoms with Gasteiger partial charge in [0.25, 0.3) is 0 Å². The van der Waals surface area contributed by atoms with Gasteiger partial charge in [0.05, 0.1) is 6.10 Å². The number of cyclic esters (lactones) is 1. The fourth-order valence-corrected chi connectivity index (χ4v) is 1.25. The molecule has 0 unspecified atom stereocenters. The zero-order chi connectivity index (χ0) is 11.1. The number of rotatable bonds is 5. The topological polar surface area (TPSA) is 63.6 Å². The standard InChI is InChI=1S/C11H14O4/c12-8-7-9(13)3-1-4-10-5-2-6-11(14)15-10/h1-2,4,6,8-10,13H,3,5,7H2/b4-1+/t9-,10-/m0/s1. The van der Waals surface area contributed by atoms with E-state index in [1.807, 2.05) is 0 Å². The van der Waals surface area contributed by atoms with Gasteiger partial charge in [-0.3, -0.25) is 0 Å². The van der Waals surface area contributed by atoms with E-state index in [9.17, 15) is 14.7 Å². The van der Waals surface area contributed by atoms with E-state index < -0.39 is 6.10 Å². The lowest BCUT2D eigenvalue weighted by Crippen LogP contribution is -2.17. The van der Waals surface area contributed by atoms with Crippen molar-refractivity contribution in [2.75, 3.05) is 0 Å². The normalized spacial score (nSPS) is 22.7. The van der Waals surface area contributed by atoms with Crippen LogP contribution in [0.25, 0.3) is 0 Å². The van der Waals surface area contributed by atoms with Crippen LogP contribution >= 0.6 is 0 Å². The summed E-state index contributed by atoms with van der Waals surface area (Å²) in [7, 11) is 0. The Bertz CT molecular complexity index is 280. The third kappa shape index (κ3) is 4.56. The van der Waals surface area contributed by atoms with Gasteiger partial charge in [-0.25, -0.2) is 4.79 Å². The lowest BCUT2D eigenvalue weighted by atomic mass is 10.1. The summed E-state index contributed by atoms with van der Waals surface area (Å²) in [5.41, 5.74) is 0. The van der Waals surface area contributed by atoms with E-state index >= 15 is 0 Å². The Morgan fingerprint density at radius 2 is 2.40 bits per heavy atom. The van der Waals surface area contributed by atoms with Crippen LogP contribution in [0.5, 0.6) is 0 Å². The molecule has 15 heavy (non-hydrogen) atoms. The summed E-state index contributed by atoms with van der Waals surface area (Å²) in [5, 5.41) is 9.23. The first kappa shape index (κ1) is 11.7. The summed E-state index contributed by atoms with van der Waals surface area (Å²) in [5.74, 6) is -0.343. The first-order valence-corrected chi connectivity index (χ1v) is 4.88. The molecule has 0 saturated heterocycles. The Morgan fingerprint density at radius 3 is 3.07 bits per heavy atom. The highest BCUT2D eigenvalue weighted by atomic mass is 16.5. The third-order valence-electron chi connectivity index (χ3n) is 2.02. The monoisotopic (exact) mass is 210 g/mol. The molecule has 0 aromatic heterocycles. The minimum atomic E-state index is -0.645. The highest BCUT2D eigenvalue weighted by Crippen LogP contribution is 2.09. The summed E-state index contributed by atoms with van der Waals surface area (Å²) in [6, 6.07) is 0. The molecule has 4 heteroatoms. The second-order valence-electron chi connectivity index (χ2n) is 3.33. The van der Waals surface area contributed by atoms with Crippen molar-refractivity contribution in [3.05, 3.63) is 24.3 Å². The van der Waals surface area contributed by atoms with Crippen LogP contribution in [0.2, 0.25) is 0 Å². The quantitative estimate of drug-likeness (QED) is 0.413. The number of esters is 1. The first-order chi connectivity index (χ1) is 7.22. The Labute approximate surface area is 88.2 Å². The molecule has 1 N–H and O–H groups in total. The number of aliphatic hydroxyl groups is 1. The van der Waals surface area contributed by atoms with E-state index in [1.165, 1.54) is 6.08 Å². The predicted molar refractivity (Wildman–Crippen MR) is 54.1 cm³/mol. The number of carbonyl (C=O) groups excluding carboxylic acids is 2. The van der Waals surface area contributed by atoms with Crippen LogP contribution < -0.4 is 0 Å². The molecule has 0 bridgehead atoms. The molecule has 0 radical (unpaired) electrons. The Hall–Kier alpha value is -1.42. The van der Waals surface area contributed by atoms with Crippen molar-refractivity contribution in [1.82, 2.24) is 0 Å². The smallest absolute Gasteiger partial charge is 0.331 e. The largest absolute Gasteiger partial charge is 0.455 e. The molecule has 0 aromatic carbocycles.